The van der Waals surface area contributed by atoms with Crippen LogP contribution in [0.4, 0.5) is 0 Å². The second-order valence-corrected chi connectivity index (χ2v) is 5.14. The van der Waals surface area contributed by atoms with Crippen molar-refractivity contribution in [3.8, 4) is 5.75 Å². The Labute approximate surface area is 116 Å². The van der Waals surface area contributed by atoms with Crippen molar-refractivity contribution >= 4 is 0 Å². The summed E-state index contributed by atoms with van der Waals surface area (Å²) in [6, 6.07) is 8.92. The van der Waals surface area contributed by atoms with Crippen LogP contribution in [0.1, 0.15) is 38.2 Å². The number of hydrogen-bond donors (Lipinski definition) is 1. The van der Waals surface area contributed by atoms with E-state index in [0.29, 0.717) is 6.04 Å². The molecule has 2 rings (SSSR count). The number of hydrogen-bond acceptors (Lipinski definition) is 3. The fraction of sp³-hybridized carbons (Fsp3) is 0.625. The van der Waals surface area contributed by atoms with Crippen molar-refractivity contribution in [2.45, 2.75) is 45.2 Å². The quantitative estimate of drug-likeness (QED) is 0.731. The molecule has 1 saturated heterocycles. The van der Waals surface area contributed by atoms with Gasteiger partial charge in [-0.15, -0.1) is 0 Å². The van der Waals surface area contributed by atoms with Gasteiger partial charge in [-0.3, -0.25) is 0 Å². The third-order valence-electron chi connectivity index (χ3n) is 3.46. The molecule has 1 aromatic rings. The predicted molar refractivity (Wildman–Crippen MR) is 77.5 cm³/mol. The topological polar surface area (TPSA) is 30.5 Å². The van der Waals surface area contributed by atoms with E-state index in [-0.39, 0.29) is 0 Å². The lowest BCUT2D eigenvalue weighted by Gasteiger charge is -2.11. The zero-order valence-electron chi connectivity index (χ0n) is 11.9. The Hall–Kier alpha value is -1.06. The Balaban J connectivity index is 1.68. The molecule has 0 saturated carbocycles. The number of nitrogens with one attached hydrogen (secondary N) is 1. The van der Waals surface area contributed by atoms with Gasteiger partial charge in [-0.25, -0.2) is 0 Å². The van der Waals surface area contributed by atoms with Gasteiger partial charge in [0.05, 0.1) is 13.2 Å². The first-order valence-electron chi connectivity index (χ1n) is 7.41. The van der Waals surface area contributed by atoms with E-state index in [2.05, 4.69) is 36.5 Å². The normalized spacial score (nSPS) is 18.7. The van der Waals surface area contributed by atoms with Crippen molar-refractivity contribution in [2.75, 3.05) is 19.8 Å². The molecular formula is C16H25NO2. The molecule has 1 unspecified atom stereocenters. The molecule has 1 heterocycles. The average molecular weight is 263 g/mol. The summed E-state index contributed by atoms with van der Waals surface area (Å²) in [7, 11) is 0. The molecule has 106 valence electrons. The first kappa shape index (κ1) is 14.4. The van der Waals surface area contributed by atoms with Gasteiger partial charge in [0.15, 0.2) is 0 Å². The summed E-state index contributed by atoms with van der Waals surface area (Å²) in [6.07, 6.45) is 4.74. The van der Waals surface area contributed by atoms with E-state index in [4.69, 9.17) is 9.47 Å². The molecular weight excluding hydrogens is 238 g/mol. The summed E-state index contributed by atoms with van der Waals surface area (Å²) in [4.78, 5) is 0. The minimum atomic E-state index is 0.518. The fourth-order valence-electron chi connectivity index (χ4n) is 2.20. The molecule has 1 aliphatic heterocycles. The van der Waals surface area contributed by atoms with Crippen molar-refractivity contribution in [1.82, 2.24) is 5.32 Å². The van der Waals surface area contributed by atoms with Gasteiger partial charge in [-0.2, -0.15) is 0 Å². The Morgan fingerprint density at radius 1 is 1.26 bits per heavy atom. The highest BCUT2D eigenvalue weighted by molar-refractivity contribution is 5.27. The monoisotopic (exact) mass is 263 g/mol. The maximum atomic E-state index is 5.70. The molecule has 0 spiro atoms. The van der Waals surface area contributed by atoms with Crippen molar-refractivity contribution in [3.05, 3.63) is 29.8 Å². The first-order chi connectivity index (χ1) is 9.38. The summed E-state index contributed by atoms with van der Waals surface area (Å²) in [6.45, 7) is 5.67. The molecule has 1 atom stereocenters. The molecule has 1 aromatic carbocycles. The minimum absolute atomic E-state index is 0.518. The smallest absolute Gasteiger partial charge is 0.119 e. The van der Waals surface area contributed by atoms with Crippen LogP contribution in [-0.4, -0.2) is 25.9 Å². The van der Waals surface area contributed by atoms with E-state index in [1.54, 1.807) is 0 Å². The SMILES string of the molecule is CCCCCOc1ccc(CNC2CCOC2)cc1. The summed E-state index contributed by atoms with van der Waals surface area (Å²) in [5.41, 5.74) is 1.30. The molecule has 3 heteroatoms. The Morgan fingerprint density at radius 3 is 2.79 bits per heavy atom. The number of benzene rings is 1. The van der Waals surface area contributed by atoms with Crippen molar-refractivity contribution < 1.29 is 9.47 Å². The van der Waals surface area contributed by atoms with Crippen molar-refractivity contribution in [1.29, 1.82) is 0 Å². The fourth-order valence-corrected chi connectivity index (χ4v) is 2.20. The third kappa shape index (κ3) is 5.21. The highest BCUT2D eigenvalue weighted by Gasteiger charge is 2.14. The molecule has 19 heavy (non-hydrogen) atoms. The van der Waals surface area contributed by atoms with E-state index < -0.39 is 0 Å². The average Bonchev–Trinajstić information content (AvgIpc) is 2.96. The third-order valence-corrected chi connectivity index (χ3v) is 3.46. The van der Waals surface area contributed by atoms with Crippen LogP contribution in [0.2, 0.25) is 0 Å². The lowest BCUT2D eigenvalue weighted by atomic mass is 10.2. The van der Waals surface area contributed by atoms with Gasteiger partial charge < -0.3 is 14.8 Å². The maximum Gasteiger partial charge on any atom is 0.119 e. The van der Waals surface area contributed by atoms with Crippen molar-refractivity contribution in [2.24, 2.45) is 0 Å². The van der Waals surface area contributed by atoms with Crippen LogP contribution in [0.5, 0.6) is 5.75 Å². The van der Waals surface area contributed by atoms with Crippen LogP contribution >= 0.6 is 0 Å². The van der Waals surface area contributed by atoms with Crippen LogP contribution in [0.15, 0.2) is 24.3 Å². The van der Waals surface area contributed by atoms with Crippen LogP contribution < -0.4 is 10.1 Å². The number of ether oxygens (including phenoxy) is 2. The summed E-state index contributed by atoms with van der Waals surface area (Å²) in [5.74, 6) is 0.976. The van der Waals surface area contributed by atoms with E-state index in [1.807, 2.05) is 0 Å². The van der Waals surface area contributed by atoms with Crippen LogP contribution in [0.3, 0.4) is 0 Å². The molecule has 0 aliphatic carbocycles. The van der Waals surface area contributed by atoms with E-state index in [9.17, 15) is 0 Å². The zero-order valence-corrected chi connectivity index (χ0v) is 11.9. The summed E-state index contributed by atoms with van der Waals surface area (Å²) >= 11 is 0. The molecule has 1 N–H and O–H groups in total. The Kier molecular flexibility index (Phi) is 6.18. The van der Waals surface area contributed by atoms with Gasteiger partial charge in [-0.1, -0.05) is 31.9 Å². The molecule has 1 aliphatic rings. The second-order valence-electron chi connectivity index (χ2n) is 5.14. The largest absolute Gasteiger partial charge is 0.494 e. The van der Waals surface area contributed by atoms with E-state index >= 15 is 0 Å². The zero-order chi connectivity index (χ0) is 13.3. The molecule has 0 aromatic heterocycles. The number of rotatable bonds is 8. The van der Waals surface area contributed by atoms with Crippen LogP contribution in [0, 0.1) is 0 Å². The lowest BCUT2D eigenvalue weighted by molar-refractivity contribution is 0.190. The van der Waals surface area contributed by atoms with Gasteiger partial charge in [0.2, 0.25) is 0 Å². The van der Waals surface area contributed by atoms with E-state index in [0.717, 1.165) is 45.0 Å². The number of unbranched alkanes of at least 4 members (excludes halogenated alkanes) is 2. The van der Waals surface area contributed by atoms with Gasteiger partial charge >= 0.3 is 0 Å². The first-order valence-corrected chi connectivity index (χ1v) is 7.41. The Morgan fingerprint density at radius 2 is 2.11 bits per heavy atom. The van der Waals surface area contributed by atoms with Gasteiger partial charge in [0.25, 0.3) is 0 Å². The van der Waals surface area contributed by atoms with E-state index in [1.165, 1.54) is 18.4 Å². The standard InChI is InChI=1S/C16H25NO2/c1-2-3-4-10-19-16-7-5-14(6-8-16)12-17-15-9-11-18-13-15/h5-8,15,17H,2-4,9-13H2,1H3. The summed E-state index contributed by atoms with van der Waals surface area (Å²) < 4.78 is 11.0. The highest BCUT2D eigenvalue weighted by Crippen LogP contribution is 2.13. The van der Waals surface area contributed by atoms with Crippen LogP contribution in [0.25, 0.3) is 0 Å². The molecule has 3 nitrogen and oxygen atoms in total. The van der Waals surface area contributed by atoms with Crippen molar-refractivity contribution in [3.63, 3.8) is 0 Å². The molecule has 1 fully saturated rings. The predicted octanol–water partition coefficient (Wildman–Crippen LogP) is 3.13. The Bertz CT molecular complexity index is 344. The second kappa shape index (κ2) is 8.18. The molecule has 0 bridgehead atoms. The van der Waals surface area contributed by atoms with Gasteiger partial charge in [-0.05, 0) is 30.5 Å². The summed E-state index contributed by atoms with van der Waals surface area (Å²) in [5, 5.41) is 3.51. The highest BCUT2D eigenvalue weighted by atomic mass is 16.5. The maximum absolute atomic E-state index is 5.70. The molecule has 0 radical (unpaired) electrons. The van der Waals surface area contributed by atoms with Crippen LogP contribution in [-0.2, 0) is 11.3 Å². The molecule has 0 amide bonds. The van der Waals surface area contributed by atoms with Gasteiger partial charge in [0.1, 0.15) is 5.75 Å². The lowest BCUT2D eigenvalue weighted by Crippen LogP contribution is -2.28. The minimum Gasteiger partial charge on any atom is -0.494 e. The van der Waals surface area contributed by atoms with Gasteiger partial charge in [0, 0.05) is 19.2 Å².